The number of nitrogens with two attached hydrogens (primary N) is 1. The first-order valence-electron chi connectivity index (χ1n) is 4.69. The molecule has 1 aromatic rings. The second-order valence-corrected chi connectivity index (χ2v) is 3.42. The third-order valence-corrected chi connectivity index (χ3v) is 2.52. The van der Waals surface area contributed by atoms with Crippen molar-refractivity contribution in [2.45, 2.75) is 20.4 Å². The summed E-state index contributed by atoms with van der Waals surface area (Å²) in [6.07, 6.45) is 0. The summed E-state index contributed by atoms with van der Waals surface area (Å²) in [7, 11) is 2.09. The molecule has 0 bridgehead atoms. The highest BCUT2D eigenvalue weighted by Gasteiger charge is 2.04. The third kappa shape index (κ3) is 2.32. The Balaban J connectivity index is 2.61. The first-order chi connectivity index (χ1) is 6.16. The fourth-order valence-electron chi connectivity index (χ4n) is 1.44. The number of hydrogen-bond acceptors (Lipinski definition) is 2. The monoisotopic (exact) mass is 181 g/mol. The lowest BCUT2D eigenvalue weighted by Gasteiger charge is -2.03. The first-order valence-corrected chi connectivity index (χ1v) is 4.69. The lowest BCUT2D eigenvalue weighted by atomic mass is 10.2. The maximum Gasteiger partial charge on any atom is 0.0223 e. The normalized spacial score (nSPS) is 10.8. The third-order valence-electron chi connectivity index (χ3n) is 2.52. The number of nitrogens with one attached hydrogen (secondary N) is 1. The molecular weight excluding hydrogens is 162 g/mol. The largest absolute Gasteiger partial charge is 0.352 e. The van der Waals surface area contributed by atoms with Crippen LogP contribution in [-0.2, 0) is 13.6 Å². The summed E-state index contributed by atoms with van der Waals surface area (Å²) < 4.78 is 2.21. The van der Waals surface area contributed by atoms with E-state index in [1.54, 1.807) is 0 Å². The SMILES string of the molecule is Cc1cc(CNCCN)c(C)n1C. The van der Waals surface area contributed by atoms with Crippen LogP contribution in [0.1, 0.15) is 17.0 Å². The van der Waals surface area contributed by atoms with Gasteiger partial charge in [0.1, 0.15) is 0 Å². The minimum atomic E-state index is 0.699. The summed E-state index contributed by atoms with van der Waals surface area (Å²) in [6, 6.07) is 2.22. The van der Waals surface area contributed by atoms with Crippen LogP contribution in [0.3, 0.4) is 0 Å². The molecule has 0 spiro atoms. The van der Waals surface area contributed by atoms with E-state index in [0.29, 0.717) is 6.54 Å². The van der Waals surface area contributed by atoms with E-state index < -0.39 is 0 Å². The van der Waals surface area contributed by atoms with Crippen molar-refractivity contribution < 1.29 is 0 Å². The highest BCUT2D eigenvalue weighted by Crippen LogP contribution is 2.12. The molecule has 1 heterocycles. The molecule has 3 N–H and O–H groups in total. The van der Waals surface area contributed by atoms with Crippen LogP contribution in [0.4, 0.5) is 0 Å². The van der Waals surface area contributed by atoms with Gasteiger partial charge >= 0.3 is 0 Å². The molecule has 74 valence electrons. The number of rotatable bonds is 4. The summed E-state index contributed by atoms with van der Waals surface area (Å²) in [5.74, 6) is 0. The zero-order valence-corrected chi connectivity index (χ0v) is 8.72. The Labute approximate surface area is 79.9 Å². The van der Waals surface area contributed by atoms with E-state index in [9.17, 15) is 0 Å². The molecule has 0 aromatic carbocycles. The van der Waals surface area contributed by atoms with E-state index in [0.717, 1.165) is 13.1 Å². The predicted octanol–water partition coefficient (Wildman–Crippen LogP) is 0.690. The van der Waals surface area contributed by atoms with Crippen LogP contribution in [-0.4, -0.2) is 17.7 Å². The molecule has 0 saturated heterocycles. The summed E-state index contributed by atoms with van der Waals surface area (Å²) in [5, 5.41) is 3.29. The summed E-state index contributed by atoms with van der Waals surface area (Å²) in [6.45, 7) is 6.77. The van der Waals surface area contributed by atoms with Crippen LogP contribution < -0.4 is 11.1 Å². The molecule has 13 heavy (non-hydrogen) atoms. The van der Waals surface area contributed by atoms with Gasteiger partial charge in [-0.25, -0.2) is 0 Å². The molecule has 0 saturated carbocycles. The van der Waals surface area contributed by atoms with E-state index in [4.69, 9.17) is 5.73 Å². The van der Waals surface area contributed by atoms with Crippen LogP contribution in [0, 0.1) is 13.8 Å². The smallest absolute Gasteiger partial charge is 0.0223 e. The highest BCUT2D eigenvalue weighted by atomic mass is 15.0. The van der Waals surface area contributed by atoms with E-state index in [2.05, 4.69) is 36.8 Å². The lowest BCUT2D eigenvalue weighted by molar-refractivity contribution is 0.689. The molecule has 0 atom stereocenters. The number of hydrogen-bond donors (Lipinski definition) is 2. The summed E-state index contributed by atoms with van der Waals surface area (Å²) in [5.41, 5.74) is 9.41. The average Bonchev–Trinajstić information content (AvgIpc) is 2.34. The van der Waals surface area contributed by atoms with Crippen molar-refractivity contribution in [2.75, 3.05) is 13.1 Å². The minimum absolute atomic E-state index is 0.699. The van der Waals surface area contributed by atoms with Gasteiger partial charge in [-0.15, -0.1) is 0 Å². The van der Waals surface area contributed by atoms with Crippen LogP contribution >= 0.6 is 0 Å². The number of aromatic nitrogens is 1. The van der Waals surface area contributed by atoms with Gasteiger partial charge in [0, 0.05) is 38.1 Å². The molecule has 1 aromatic heterocycles. The molecule has 0 radical (unpaired) electrons. The Morgan fingerprint density at radius 2 is 2.15 bits per heavy atom. The molecule has 0 aliphatic carbocycles. The molecule has 0 unspecified atom stereocenters. The molecule has 0 amide bonds. The van der Waals surface area contributed by atoms with Crippen LogP contribution in [0.5, 0.6) is 0 Å². The van der Waals surface area contributed by atoms with Gasteiger partial charge in [0.25, 0.3) is 0 Å². The Hall–Kier alpha value is -0.800. The minimum Gasteiger partial charge on any atom is -0.352 e. The number of nitrogens with zero attached hydrogens (tertiary/aromatic N) is 1. The van der Waals surface area contributed by atoms with Crippen molar-refractivity contribution in [2.24, 2.45) is 12.8 Å². The Morgan fingerprint density at radius 1 is 1.46 bits per heavy atom. The van der Waals surface area contributed by atoms with Crippen molar-refractivity contribution in [3.05, 3.63) is 23.0 Å². The molecule has 0 aliphatic rings. The molecular formula is C10H19N3. The second-order valence-electron chi connectivity index (χ2n) is 3.42. The highest BCUT2D eigenvalue weighted by molar-refractivity contribution is 5.26. The van der Waals surface area contributed by atoms with Gasteiger partial charge < -0.3 is 15.6 Å². The van der Waals surface area contributed by atoms with E-state index in [-0.39, 0.29) is 0 Å². The van der Waals surface area contributed by atoms with E-state index in [1.807, 2.05) is 0 Å². The van der Waals surface area contributed by atoms with Gasteiger partial charge in [-0.05, 0) is 25.5 Å². The first kappa shape index (κ1) is 10.3. The van der Waals surface area contributed by atoms with Gasteiger partial charge in [-0.2, -0.15) is 0 Å². The quantitative estimate of drug-likeness (QED) is 0.671. The van der Waals surface area contributed by atoms with Crippen molar-refractivity contribution >= 4 is 0 Å². The van der Waals surface area contributed by atoms with Crippen molar-refractivity contribution in [1.82, 2.24) is 9.88 Å². The molecule has 3 nitrogen and oxygen atoms in total. The predicted molar refractivity (Wildman–Crippen MR) is 55.6 cm³/mol. The van der Waals surface area contributed by atoms with Crippen LogP contribution in [0.25, 0.3) is 0 Å². The van der Waals surface area contributed by atoms with Gasteiger partial charge in [0.15, 0.2) is 0 Å². The second kappa shape index (κ2) is 4.44. The Kier molecular flexibility index (Phi) is 3.51. The average molecular weight is 181 g/mol. The van der Waals surface area contributed by atoms with Gasteiger partial charge in [0.2, 0.25) is 0 Å². The fraction of sp³-hybridized carbons (Fsp3) is 0.600. The maximum absolute atomic E-state index is 5.40. The van der Waals surface area contributed by atoms with Crippen molar-refractivity contribution in [1.29, 1.82) is 0 Å². The fourth-order valence-corrected chi connectivity index (χ4v) is 1.44. The van der Waals surface area contributed by atoms with Gasteiger partial charge in [-0.3, -0.25) is 0 Å². The summed E-state index contributed by atoms with van der Waals surface area (Å²) in [4.78, 5) is 0. The molecule has 1 rings (SSSR count). The molecule has 0 aliphatic heterocycles. The van der Waals surface area contributed by atoms with Crippen LogP contribution in [0.2, 0.25) is 0 Å². The topological polar surface area (TPSA) is 43.0 Å². The van der Waals surface area contributed by atoms with E-state index in [1.165, 1.54) is 17.0 Å². The summed E-state index contributed by atoms with van der Waals surface area (Å²) >= 11 is 0. The van der Waals surface area contributed by atoms with Gasteiger partial charge in [-0.1, -0.05) is 0 Å². The molecule has 0 fully saturated rings. The Morgan fingerprint density at radius 3 is 2.62 bits per heavy atom. The standard InChI is InChI=1S/C10H19N3/c1-8-6-10(7-12-5-4-11)9(2)13(8)3/h6,12H,4-5,7,11H2,1-3H3. The van der Waals surface area contributed by atoms with Crippen molar-refractivity contribution in [3.63, 3.8) is 0 Å². The van der Waals surface area contributed by atoms with Crippen LogP contribution in [0.15, 0.2) is 6.07 Å². The van der Waals surface area contributed by atoms with Crippen molar-refractivity contribution in [3.8, 4) is 0 Å². The zero-order chi connectivity index (χ0) is 9.84. The maximum atomic E-state index is 5.40. The van der Waals surface area contributed by atoms with Gasteiger partial charge in [0.05, 0.1) is 0 Å². The Bertz CT molecular complexity index is 276. The van der Waals surface area contributed by atoms with E-state index >= 15 is 0 Å². The number of aryl methyl sites for hydroxylation is 1. The molecule has 3 heteroatoms. The zero-order valence-electron chi connectivity index (χ0n) is 8.72. The lowest BCUT2D eigenvalue weighted by Crippen LogP contribution is -2.22.